The summed E-state index contributed by atoms with van der Waals surface area (Å²) < 4.78 is 5.65. The number of amides is 1. The van der Waals surface area contributed by atoms with E-state index in [-0.39, 0.29) is 17.0 Å². The van der Waals surface area contributed by atoms with E-state index in [4.69, 9.17) is 10.5 Å². The number of ether oxygens (including phenoxy) is 1. The number of rotatable bonds is 2. The molecule has 1 aliphatic rings. The van der Waals surface area contributed by atoms with Crippen LogP contribution < -0.4 is 5.73 Å². The van der Waals surface area contributed by atoms with Crippen LogP contribution in [0.25, 0.3) is 0 Å². The van der Waals surface area contributed by atoms with Crippen LogP contribution in [-0.2, 0) is 9.53 Å². The van der Waals surface area contributed by atoms with Crippen molar-refractivity contribution < 1.29 is 9.53 Å². The standard InChI is InChI=1S/C8H17NO2Si/c1-6(7(9)10)8(12)4-2-3-5-11-8/h6H,2-5H2,1,12H3,(H2,9,10). The molecule has 2 atom stereocenters. The van der Waals surface area contributed by atoms with Crippen LogP contribution in [0.4, 0.5) is 0 Å². The maximum absolute atomic E-state index is 11.0. The Bertz CT molecular complexity index is 178. The highest BCUT2D eigenvalue weighted by atomic mass is 28.1. The van der Waals surface area contributed by atoms with Crippen LogP contribution in [0.2, 0.25) is 0 Å². The summed E-state index contributed by atoms with van der Waals surface area (Å²) in [6, 6.07) is 0. The summed E-state index contributed by atoms with van der Waals surface area (Å²) in [5.74, 6) is -0.351. The van der Waals surface area contributed by atoms with E-state index in [9.17, 15) is 4.79 Å². The first-order valence-electron chi connectivity index (χ1n) is 4.49. The zero-order valence-corrected chi connectivity index (χ0v) is 9.80. The predicted molar refractivity (Wildman–Crippen MR) is 50.8 cm³/mol. The summed E-state index contributed by atoms with van der Waals surface area (Å²) >= 11 is 0. The van der Waals surface area contributed by atoms with Crippen LogP contribution >= 0.6 is 0 Å². The van der Waals surface area contributed by atoms with Crippen molar-refractivity contribution in [3.05, 3.63) is 0 Å². The first-order valence-corrected chi connectivity index (χ1v) is 5.49. The van der Waals surface area contributed by atoms with Crippen molar-refractivity contribution in [1.29, 1.82) is 0 Å². The van der Waals surface area contributed by atoms with Crippen LogP contribution in [0, 0.1) is 5.92 Å². The maximum Gasteiger partial charge on any atom is 0.222 e. The van der Waals surface area contributed by atoms with Gasteiger partial charge in [-0.15, -0.1) is 0 Å². The molecule has 1 aliphatic heterocycles. The highest BCUT2D eigenvalue weighted by Crippen LogP contribution is 2.28. The van der Waals surface area contributed by atoms with Gasteiger partial charge in [0.2, 0.25) is 5.91 Å². The SMILES string of the molecule is CC(C(N)=O)C1([SiH3])CCCCO1. The third kappa shape index (κ3) is 1.87. The van der Waals surface area contributed by atoms with Gasteiger partial charge in [0.15, 0.2) is 0 Å². The molecule has 1 amide bonds. The predicted octanol–water partition coefficient (Wildman–Crippen LogP) is -0.630. The molecule has 4 heteroatoms. The summed E-state index contributed by atoms with van der Waals surface area (Å²) in [5, 5.41) is -0.177. The van der Waals surface area contributed by atoms with E-state index in [1.54, 1.807) is 0 Å². The lowest BCUT2D eigenvalue weighted by Gasteiger charge is -2.37. The third-order valence-corrected chi connectivity index (χ3v) is 4.50. The van der Waals surface area contributed by atoms with Gasteiger partial charge >= 0.3 is 0 Å². The average molecular weight is 187 g/mol. The maximum atomic E-state index is 11.0. The Hall–Kier alpha value is -0.353. The van der Waals surface area contributed by atoms with Crippen molar-refractivity contribution in [3.8, 4) is 0 Å². The molecule has 1 saturated heterocycles. The highest BCUT2D eigenvalue weighted by Gasteiger charge is 2.36. The molecule has 70 valence electrons. The molecule has 2 N–H and O–H groups in total. The Labute approximate surface area is 76.1 Å². The average Bonchev–Trinajstić information content (AvgIpc) is 2.04. The normalized spacial score (nSPS) is 33.1. The van der Waals surface area contributed by atoms with Crippen molar-refractivity contribution in [1.82, 2.24) is 0 Å². The second-order valence-electron chi connectivity index (χ2n) is 3.74. The Kier molecular flexibility index (Phi) is 2.90. The molecule has 1 heterocycles. The smallest absolute Gasteiger partial charge is 0.222 e. The molecule has 0 saturated carbocycles. The summed E-state index contributed by atoms with van der Waals surface area (Å²) in [6.45, 7) is 2.67. The number of hydrogen-bond donors (Lipinski definition) is 1. The van der Waals surface area contributed by atoms with Crippen LogP contribution in [-0.4, -0.2) is 28.0 Å². The molecular formula is C8H17NO2Si. The molecule has 3 nitrogen and oxygen atoms in total. The topological polar surface area (TPSA) is 52.3 Å². The molecule has 0 aliphatic carbocycles. The molecule has 1 fully saturated rings. The molecule has 2 unspecified atom stereocenters. The van der Waals surface area contributed by atoms with Crippen molar-refractivity contribution >= 4 is 16.1 Å². The van der Waals surface area contributed by atoms with Crippen LogP contribution in [0.15, 0.2) is 0 Å². The van der Waals surface area contributed by atoms with Crippen LogP contribution in [0.3, 0.4) is 0 Å². The lowest BCUT2D eigenvalue weighted by atomic mass is 9.96. The lowest BCUT2D eigenvalue weighted by Crippen LogP contribution is -2.48. The monoisotopic (exact) mass is 187 g/mol. The lowest BCUT2D eigenvalue weighted by molar-refractivity contribution is -0.131. The largest absolute Gasteiger partial charge is 0.379 e. The van der Waals surface area contributed by atoms with E-state index in [1.165, 1.54) is 6.42 Å². The zero-order chi connectivity index (χ0) is 9.19. The second kappa shape index (κ2) is 3.58. The molecule has 12 heavy (non-hydrogen) atoms. The number of nitrogens with two attached hydrogens (primary N) is 1. The summed E-state index contributed by atoms with van der Waals surface area (Å²) in [4.78, 5) is 11.0. The fourth-order valence-electron chi connectivity index (χ4n) is 1.60. The Morgan fingerprint density at radius 1 is 1.67 bits per heavy atom. The summed E-state index contributed by atoms with van der Waals surface area (Å²) in [5.41, 5.74) is 5.26. The molecule has 0 bridgehead atoms. The summed E-state index contributed by atoms with van der Waals surface area (Å²) in [7, 11) is 0.889. The first kappa shape index (κ1) is 9.73. The fourth-order valence-corrected chi connectivity index (χ4v) is 2.44. The molecule has 0 spiro atoms. The minimum atomic E-state index is -0.230. The zero-order valence-electron chi connectivity index (χ0n) is 7.80. The molecule has 0 aromatic heterocycles. The second-order valence-corrected chi connectivity index (χ2v) is 5.43. The van der Waals surface area contributed by atoms with Crippen molar-refractivity contribution in [2.75, 3.05) is 6.61 Å². The van der Waals surface area contributed by atoms with Gasteiger partial charge in [-0.1, -0.05) is 6.92 Å². The van der Waals surface area contributed by atoms with Gasteiger partial charge in [0, 0.05) is 16.8 Å². The van der Waals surface area contributed by atoms with Gasteiger partial charge < -0.3 is 10.5 Å². The van der Waals surface area contributed by atoms with Gasteiger partial charge in [-0.05, 0) is 19.3 Å². The third-order valence-electron chi connectivity index (χ3n) is 2.84. The van der Waals surface area contributed by atoms with Crippen LogP contribution in [0.1, 0.15) is 26.2 Å². The van der Waals surface area contributed by atoms with Gasteiger partial charge in [-0.2, -0.15) is 0 Å². The van der Waals surface area contributed by atoms with E-state index in [0.717, 1.165) is 29.7 Å². The number of hydrogen-bond acceptors (Lipinski definition) is 2. The fraction of sp³-hybridized carbons (Fsp3) is 0.875. The van der Waals surface area contributed by atoms with E-state index in [0.29, 0.717) is 0 Å². The van der Waals surface area contributed by atoms with Crippen molar-refractivity contribution in [2.24, 2.45) is 11.7 Å². The van der Waals surface area contributed by atoms with Crippen molar-refractivity contribution in [3.63, 3.8) is 0 Å². The van der Waals surface area contributed by atoms with Gasteiger partial charge in [0.25, 0.3) is 0 Å². The molecule has 1 rings (SSSR count). The van der Waals surface area contributed by atoms with Gasteiger partial charge in [-0.3, -0.25) is 4.79 Å². The summed E-state index contributed by atoms with van der Waals surface area (Å²) in [6.07, 6.45) is 3.29. The molecule has 0 aromatic carbocycles. The highest BCUT2D eigenvalue weighted by molar-refractivity contribution is 6.16. The number of carbonyl (C=O) groups is 1. The van der Waals surface area contributed by atoms with E-state index in [2.05, 4.69) is 0 Å². The molecule has 0 aromatic rings. The Balaban J connectivity index is 2.62. The van der Waals surface area contributed by atoms with Gasteiger partial charge in [0.05, 0.1) is 11.1 Å². The van der Waals surface area contributed by atoms with E-state index in [1.807, 2.05) is 6.92 Å². The van der Waals surface area contributed by atoms with Crippen molar-refractivity contribution in [2.45, 2.75) is 31.4 Å². The van der Waals surface area contributed by atoms with E-state index >= 15 is 0 Å². The van der Waals surface area contributed by atoms with Crippen LogP contribution in [0.5, 0.6) is 0 Å². The molecular weight excluding hydrogens is 170 g/mol. The Morgan fingerprint density at radius 2 is 2.33 bits per heavy atom. The minimum Gasteiger partial charge on any atom is -0.379 e. The first-order chi connectivity index (χ1) is 5.56. The van der Waals surface area contributed by atoms with E-state index < -0.39 is 0 Å². The quantitative estimate of drug-likeness (QED) is 0.585. The Morgan fingerprint density at radius 3 is 2.75 bits per heavy atom. The number of primary amides is 1. The number of carbonyl (C=O) groups excluding carboxylic acids is 1. The minimum absolute atomic E-state index is 0.121. The van der Waals surface area contributed by atoms with Gasteiger partial charge in [0.1, 0.15) is 0 Å². The van der Waals surface area contributed by atoms with Gasteiger partial charge in [-0.25, -0.2) is 0 Å². The molecule has 0 radical (unpaired) electrons.